The van der Waals surface area contributed by atoms with E-state index >= 15 is 0 Å². The molecule has 0 spiro atoms. The second-order valence-corrected chi connectivity index (χ2v) is 5.35. The van der Waals surface area contributed by atoms with Crippen LogP contribution in [0.2, 0.25) is 0 Å². The van der Waals surface area contributed by atoms with E-state index in [-0.39, 0.29) is 6.61 Å². The molecule has 1 heterocycles. The summed E-state index contributed by atoms with van der Waals surface area (Å²) in [5, 5.41) is 3.21. The van der Waals surface area contributed by atoms with Gasteiger partial charge in [-0.05, 0) is 25.1 Å². The molecule has 0 unspecified atom stereocenters. The quantitative estimate of drug-likeness (QED) is 0.555. The normalized spacial score (nSPS) is 12.3. The molecule has 0 radical (unpaired) electrons. The first-order chi connectivity index (χ1) is 8.95. The molecule has 1 N–H and O–H groups in total. The highest BCUT2D eigenvalue weighted by molar-refractivity contribution is 7.11. The summed E-state index contributed by atoms with van der Waals surface area (Å²) in [6, 6.07) is 3.63. The van der Waals surface area contributed by atoms with Crippen molar-refractivity contribution < 1.29 is 22.3 Å². The number of halogens is 4. The summed E-state index contributed by atoms with van der Waals surface area (Å²) in [4.78, 5) is 1.81. The molecule has 0 atom stereocenters. The SMILES string of the molecule is CCCNCc1ccc(COCC(F)(F)C(F)F)s1. The first kappa shape index (κ1) is 16.4. The molecule has 0 aromatic carbocycles. The van der Waals surface area contributed by atoms with Gasteiger partial charge in [0.2, 0.25) is 0 Å². The molecule has 0 bridgehead atoms. The first-order valence-electron chi connectivity index (χ1n) is 5.97. The molecule has 7 heteroatoms. The highest BCUT2D eigenvalue weighted by Crippen LogP contribution is 2.24. The topological polar surface area (TPSA) is 21.3 Å². The van der Waals surface area contributed by atoms with Crippen molar-refractivity contribution in [3.05, 3.63) is 21.9 Å². The first-order valence-corrected chi connectivity index (χ1v) is 6.79. The number of thiophene rings is 1. The van der Waals surface area contributed by atoms with Crippen molar-refractivity contribution in [3.8, 4) is 0 Å². The van der Waals surface area contributed by atoms with Crippen molar-refractivity contribution in [2.24, 2.45) is 0 Å². The van der Waals surface area contributed by atoms with Gasteiger partial charge in [-0.1, -0.05) is 6.92 Å². The van der Waals surface area contributed by atoms with Crippen LogP contribution in [0.3, 0.4) is 0 Å². The van der Waals surface area contributed by atoms with Gasteiger partial charge >= 0.3 is 12.3 Å². The lowest BCUT2D eigenvalue weighted by Gasteiger charge is -2.14. The number of rotatable bonds is 9. The smallest absolute Gasteiger partial charge is 0.330 e. The maximum absolute atomic E-state index is 12.6. The second-order valence-electron chi connectivity index (χ2n) is 4.10. The van der Waals surface area contributed by atoms with E-state index in [1.807, 2.05) is 6.07 Å². The van der Waals surface area contributed by atoms with Crippen LogP contribution in [-0.2, 0) is 17.9 Å². The molecule has 1 rings (SSSR count). The summed E-state index contributed by atoms with van der Waals surface area (Å²) in [7, 11) is 0. The van der Waals surface area contributed by atoms with Crippen LogP contribution in [0.15, 0.2) is 12.1 Å². The van der Waals surface area contributed by atoms with Gasteiger partial charge in [-0.2, -0.15) is 8.78 Å². The van der Waals surface area contributed by atoms with Gasteiger partial charge in [-0.15, -0.1) is 11.3 Å². The van der Waals surface area contributed by atoms with E-state index in [1.165, 1.54) is 11.3 Å². The third kappa shape index (κ3) is 5.88. The Balaban J connectivity index is 2.30. The Hall–Kier alpha value is -0.660. The molecule has 19 heavy (non-hydrogen) atoms. The van der Waals surface area contributed by atoms with Crippen LogP contribution in [-0.4, -0.2) is 25.5 Å². The van der Waals surface area contributed by atoms with Gasteiger partial charge in [0, 0.05) is 16.3 Å². The van der Waals surface area contributed by atoms with Gasteiger partial charge in [0.1, 0.15) is 6.61 Å². The van der Waals surface area contributed by atoms with Gasteiger partial charge in [0.15, 0.2) is 0 Å². The maximum atomic E-state index is 12.6. The standard InChI is InChI=1S/C12H17F4NOS/c1-2-5-17-6-9-3-4-10(19-9)7-18-8-12(15,16)11(13)14/h3-4,11,17H,2,5-8H2,1H3. The molecule has 2 nitrogen and oxygen atoms in total. The Bertz CT molecular complexity index is 370. The Labute approximate surface area is 113 Å². The molecular formula is C12H17F4NOS. The van der Waals surface area contributed by atoms with Crippen LogP contribution in [0.1, 0.15) is 23.1 Å². The molecule has 0 saturated heterocycles. The lowest BCUT2D eigenvalue weighted by atomic mass is 10.4. The predicted octanol–water partition coefficient (Wildman–Crippen LogP) is 3.66. The summed E-state index contributed by atoms with van der Waals surface area (Å²) >= 11 is 1.42. The van der Waals surface area contributed by atoms with Crippen LogP contribution < -0.4 is 5.32 Å². The van der Waals surface area contributed by atoms with Crippen LogP contribution in [0.5, 0.6) is 0 Å². The largest absolute Gasteiger partial charge is 0.369 e. The minimum Gasteiger partial charge on any atom is -0.369 e. The number of hydrogen-bond donors (Lipinski definition) is 1. The lowest BCUT2D eigenvalue weighted by Crippen LogP contribution is -2.32. The van der Waals surface area contributed by atoms with Crippen molar-refractivity contribution in [3.63, 3.8) is 0 Å². The molecule has 110 valence electrons. The molecule has 0 aliphatic heterocycles. The zero-order valence-electron chi connectivity index (χ0n) is 10.6. The molecule has 0 amide bonds. The zero-order valence-corrected chi connectivity index (χ0v) is 11.4. The average molecular weight is 299 g/mol. The van der Waals surface area contributed by atoms with E-state index in [2.05, 4.69) is 17.0 Å². The van der Waals surface area contributed by atoms with E-state index in [4.69, 9.17) is 0 Å². The summed E-state index contributed by atoms with van der Waals surface area (Å²) in [5.41, 5.74) is 0. The van der Waals surface area contributed by atoms with Gasteiger partial charge in [-0.25, -0.2) is 8.78 Å². The Morgan fingerprint density at radius 1 is 1.32 bits per heavy atom. The Kier molecular flexibility index (Phi) is 6.74. The Morgan fingerprint density at radius 2 is 2.00 bits per heavy atom. The number of ether oxygens (including phenoxy) is 1. The molecule has 0 fully saturated rings. The van der Waals surface area contributed by atoms with Gasteiger partial charge in [0.25, 0.3) is 0 Å². The third-order valence-electron chi connectivity index (χ3n) is 2.30. The van der Waals surface area contributed by atoms with E-state index in [9.17, 15) is 17.6 Å². The average Bonchev–Trinajstić information content (AvgIpc) is 2.77. The third-order valence-corrected chi connectivity index (χ3v) is 3.36. The summed E-state index contributed by atoms with van der Waals surface area (Å²) in [6.45, 7) is 2.35. The van der Waals surface area contributed by atoms with Gasteiger partial charge in [0.05, 0.1) is 6.61 Å². The molecule has 1 aromatic rings. The molecule has 0 aliphatic rings. The van der Waals surface area contributed by atoms with Crippen molar-refractivity contribution in [1.29, 1.82) is 0 Å². The molecule has 1 aromatic heterocycles. The zero-order chi connectivity index (χ0) is 14.3. The molecule has 0 saturated carbocycles. The fraction of sp³-hybridized carbons (Fsp3) is 0.667. The fourth-order valence-electron chi connectivity index (χ4n) is 1.33. The second kappa shape index (κ2) is 7.81. The molecule has 0 aliphatic carbocycles. The Morgan fingerprint density at radius 3 is 2.63 bits per heavy atom. The van der Waals surface area contributed by atoms with Crippen molar-refractivity contribution in [2.75, 3.05) is 13.2 Å². The monoisotopic (exact) mass is 299 g/mol. The molecular weight excluding hydrogens is 282 g/mol. The van der Waals surface area contributed by atoms with E-state index < -0.39 is 19.0 Å². The van der Waals surface area contributed by atoms with Gasteiger partial charge < -0.3 is 10.1 Å². The number of alkyl halides is 4. The minimum atomic E-state index is -4.08. The van der Waals surface area contributed by atoms with E-state index in [0.29, 0.717) is 6.54 Å². The van der Waals surface area contributed by atoms with Crippen molar-refractivity contribution in [1.82, 2.24) is 5.32 Å². The van der Waals surface area contributed by atoms with Crippen LogP contribution in [0.4, 0.5) is 17.6 Å². The van der Waals surface area contributed by atoms with E-state index in [1.54, 1.807) is 6.07 Å². The summed E-state index contributed by atoms with van der Waals surface area (Å²) in [6.07, 6.45) is -2.66. The fourth-order valence-corrected chi connectivity index (χ4v) is 2.26. The van der Waals surface area contributed by atoms with Crippen LogP contribution >= 0.6 is 11.3 Å². The van der Waals surface area contributed by atoms with E-state index in [0.717, 1.165) is 22.7 Å². The van der Waals surface area contributed by atoms with Crippen LogP contribution in [0, 0.1) is 0 Å². The van der Waals surface area contributed by atoms with Gasteiger partial charge in [-0.3, -0.25) is 0 Å². The highest BCUT2D eigenvalue weighted by atomic mass is 32.1. The minimum absolute atomic E-state index is 0.0687. The summed E-state index contributed by atoms with van der Waals surface area (Å²) < 4.78 is 53.6. The van der Waals surface area contributed by atoms with Crippen molar-refractivity contribution in [2.45, 2.75) is 38.8 Å². The summed E-state index contributed by atoms with van der Waals surface area (Å²) in [5.74, 6) is -4.08. The highest BCUT2D eigenvalue weighted by Gasteiger charge is 2.40. The maximum Gasteiger partial charge on any atom is 0.330 e. The number of hydrogen-bond acceptors (Lipinski definition) is 3. The number of nitrogens with one attached hydrogen (secondary N) is 1. The lowest BCUT2D eigenvalue weighted by molar-refractivity contribution is -0.168. The van der Waals surface area contributed by atoms with Crippen LogP contribution in [0.25, 0.3) is 0 Å². The predicted molar refractivity (Wildman–Crippen MR) is 66.9 cm³/mol. The van der Waals surface area contributed by atoms with Crippen molar-refractivity contribution >= 4 is 11.3 Å².